The van der Waals surface area contributed by atoms with E-state index in [0.29, 0.717) is 24.2 Å². The molecule has 0 spiro atoms. The van der Waals surface area contributed by atoms with Crippen molar-refractivity contribution in [3.05, 3.63) is 41.2 Å². The number of ether oxygens (including phenoxy) is 2. The fraction of sp³-hybridized carbons (Fsp3) is 0.286. The number of methoxy groups -OCH3 is 1. The molecule has 4 nitrogen and oxygen atoms in total. The van der Waals surface area contributed by atoms with E-state index >= 15 is 0 Å². The zero-order chi connectivity index (χ0) is 13.7. The second-order valence-electron chi connectivity index (χ2n) is 3.87. The van der Waals surface area contributed by atoms with Crippen LogP contribution in [0.1, 0.15) is 12.6 Å². The molecular formula is C14H15ClN2O2. The highest BCUT2D eigenvalue weighted by atomic mass is 35.5. The number of aromatic nitrogens is 2. The normalized spacial score (nSPS) is 10.5. The van der Waals surface area contributed by atoms with Gasteiger partial charge in [0.05, 0.1) is 24.5 Å². The molecule has 0 aliphatic heterocycles. The van der Waals surface area contributed by atoms with Crippen LogP contribution in [0.4, 0.5) is 0 Å². The Bertz CT molecular complexity index is 561. The average molecular weight is 279 g/mol. The molecule has 0 amide bonds. The predicted molar refractivity (Wildman–Crippen MR) is 74.4 cm³/mol. The molecule has 0 atom stereocenters. The molecule has 1 aromatic carbocycles. The highest BCUT2D eigenvalue weighted by Gasteiger charge is 2.10. The topological polar surface area (TPSA) is 44.2 Å². The molecule has 19 heavy (non-hydrogen) atoms. The Balaban J connectivity index is 2.46. The van der Waals surface area contributed by atoms with Crippen molar-refractivity contribution in [1.82, 2.24) is 9.97 Å². The molecule has 2 aromatic rings. The molecule has 0 N–H and O–H groups in total. The summed E-state index contributed by atoms with van der Waals surface area (Å²) in [5, 5.41) is 0.392. The van der Waals surface area contributed by atoms with E-state index in [-0.39, 0.29) is 0 Å². The number of nitrogens with zero attached hydrogens (tertiary/aromatic N) is 2. The van der Waals surface area contributed by atoms with E-state index in [1.807, 2.05) is 31.2 Å². The maximum absolute atomic E-state index is 6.02. The molecule has 1 aromatic heterocycles. The van der Waals surface area contributed by atoms with Gasteiger partial charge in [-0.25, -0.2) is 9.97 Å². The monoisotopic (exact) mass is 278 g/mol. The van der Waals surface area contributed by atoms with Crippen molar-refractivity contribution in [1.29, 1.82) is 0 Å². The number of rotatable bonds is 5. The van der Waals surface area contributed by atoms with Gasteiger partial charge in [-0.05, 0) is 25.1 Å². The fourth-order valence-electron chi connectivity index (χ4n) is 1.74. The van der Waals surface area contributed by atoms with Gasteiger partial charge in [0.1, 0.15) is 10.9 Å². The van der Waals surface area contributed by atoms with Crippen LogP contribution in [-0.4, -0.2) is 23.7 Å². The van der Waals surface area contributed by atoms with E-state index in [1.54, 1.807) is 13.2 Å². The Labute approximate surface area is 117 Å². The molecule has 0 bridgehead atoms. The van der Waals surface area contributed by atoms with Crippen molar-refractivity contribution >= 4 is 11.6 Å². The summed E-state index contributed by atoms with van der Waals surface area (Å²) in [7, 11) is 1.61. The molecule has 100 valence electrons. The van der Waals surface area contributed by atoms with Crippen molar-refractivity contribution in [2.75, 3.05) is 13.7 Å². The maximum atomic E-state index is 6.02. The summed E-state index contributed by atoms with van der Waals surface area (Å²) >= 11 is 6.02. The van der Waals surface area contributed by atoms with Crippen molar-refractivity contribution < 1.29 is 9.47 Å². The molecular weight excluding hydrogens is 264 g/mol. The van der Waals surface area contributed by atoms with Gasteiger partial charge in [0.2, 0.25) is 0 Å². The van der Waals surface area contributed by atoms with E-state index in [1.165, 1.54) is 0 Å². The molecule has 0 saturated heterocycles. The van der Waals surface area contributed by atoms with Gasteiger partial charge in [-0.15, -0.1) is 0 Å². The van der Waals surface area contributed by atoms with E-state index in [0.717, 1.165) is 17.0 Å². The van der Waals surface area contributed by atoms with Gasteiger partial charge in [-0.3, -0.25) is 0 Å². The van der Waals surface area contributed by atoms with Crippen LogP contribution in [0.2, 0.25) is 5.15 Å². The lowest BCUT2D eigenvalue weighted by Gasteiger charge is -2.10. The van der Waals surface area contributed by atoms with Crippen LogP contribution < -0.4 is 4.74 Å². The van der Waals surface area contributed by atoms with Gasteiger partial charge >= 0.3 is 0 Å². The molecule has 5 heteroatoms. The molecule has 1 heterocycles. The summed E-state index contributed by atoms with van der Waals surface area (Å²) in [6.45, 7) is 2.92. The van der Waals surface area contributed by atoms with E-state index in [4.69, 9.17) is 21.1 Å². The zero-order valence-electron chi connectivity index (χ0n) is 10.9. The first-order chi connectivity index (χ1) is 9.24. The molecule has 2 rings (SSSR count). The van der Waals surface area contributed by atoms with Crippen LogP contribution >= 0.6 is 11.6 Å². The number of benzene rings is 1. The minimum Gasteiger partial charge on any atom is -0.493 e. The third-order valence-corrected chi connectivity index (χ3v) is 2.66. The van der Waals surface area contributed by atoms with Crippen LogP contribution in [0.15, 0.2) is 30.3 Å². The van der Waals surface area contributed by atoms with Crippen molar-refractivity contribution in [2.24, 2.45) is 0 Å². The minimum atomic E-state index is 0.392. The zero-order valence-corrected chi connectivity index (χ0v) is 11.6. The molecule has 0 radical (unpaired) electrons. The van der Waals surface area contributed by atoms with Crippen LogP contribution in [0, 0.1) is 0 Å². The van der Waals surface area contributed by atoms with Gasteiger partial charge in [0, 0.05) is 7.11 Å². The summed E-state index contributed by atoms with van der Waals surface area (Å²) in [5.74, 6) is 1.29. The highest BCUT2D eigenvalue weighted by Crippen LogP contribution is 2.28. The summed E-state index contributed by atoms with van der Waals surface area (Å²) in [6, 6.07) is 9.32. The van der Waals surface area contributed by atoms with Crippen LogP contribution in [-0.2, 0) is 11.3 Å². The number of hydrogen-bond donors (Lipinski definition) is 0. The van der Waals surface area contributed by atoms with Crippen LogP contribution in [0.25, 0.3) is 11.4 Å². The van der Waals surface area contributed by atoms with Crippen molar-refractivity contribution in [3.8, 4) is 17.1 Å². The SMILES string of the molecule is CCOc1ccccc1-c1nc(Cl)cc(COC)n1. The smallest absolute Gasteiger partial charge is 0.164 e. The highest BCUT2D eigenvalue weighted by molar-refractivity contribution is 6.29. The Hall–Kier alpha value is -1.65. The molecule has 0 unspecified atom stereocenters. The van der Waals surface area contributed by atoms with E-state index in [9.17, 15) is 0 Å². The second kappa shape index (κ2) is 6.50. The molecule has 0 aliphatic carbocycles. The standard InChI is InChI=1S/C14H15ClN2O2/c1-3-19-12-7-5-4-6-11(12)14-16-10(9-18-2)8-13(15)17-14/h4-8H,3,9H2,1-2H3. The third-order valence-electron chi connectivity index (χ3n) is 2.47. The van der Waals surface area contributed by atoms with Gasteiger partial charge in [0.25, 0.3) is 0 Å². The van der Waals surface area contributed by atoms with Crippen LogP contribution in [0.5, 0.6) is 5.75 Å². The summed E-state index contributed by atoms with van der Waals surface area (Å²) < 4.78 is 10.6. The van der Waals surface area contributed by atoms with Gasteiger partial charge in [-0.1, -0.05) is 23.7 Å². The first-order valence-corrected chi connectivity index (χ1v) is 6.37. The maximum Gasteiger partial charge on any atom is 0.164 e. The Morgan fingerprint density at radius 1 is 1.21 bits per heavy atom. The van der Waals surface area contributed by atoms with Gasteiger partial charge < -0.3 is 9.47 Å². The van der Waals surface area contributed by atoms with Crippen molar-refractivity contribution in [2.45, 2.75) is 13.5 Å². The largest absolute Gasteiger partial charge is 0.493 e. The number of para-hydroxylation sites is 1. The van der Waals surface area contributed by atoms with Gasteiger partial charge in [0.15, 0.2) is 5.82 Å². The first-order valence-electron chi connectivity index (χ1n) is 5.99. The average Bonchev–Trinajstić information content (AvgIpc) is 2.39. The summed E-state index contributed by atoms with van der Waals surface area (Å²) in [4.78, 5) is 8.68. The lowest BCUT2D eigenvalue weighted by Crippen LogP contribution is -2.00. The Morgan fingerprint density at radius 3 is 2.74 bits per heavy atom. The Kier molecular flexibility index (Phi) is 4.71. The number of hydrogen-bond acceptors (Lipinski definition) is 4. The second-order valence-corrected chi connectivity index (χ2v) is 4.26. The first kappa shape index (κ1) is 13.8. The predicted octanol–water partition coefficient (Wildman–Crippen LogP) is 3.34. The van der Waals surface area contributed by atoms with Crippen LogP contribution in [0.3, 0.4) is 0 Å². The fourth-order valence-corrected chi connectivity index (χ4v) is 1.95. The lowest BCUT2D eigenvalue weighted by atomic mass is 10.2. The molecule has 0 aliphatic rings. The summed E-state index contributed by atoms with van der Waals surface area (Å²) in [6.07, 6.45) is 0. The minimum absolute atomic E-state index is 0.392. The number of halogens is 1. The van der Waals surface area contributed by atoms with Crippen molar-refractivity contribution in [3.63, 3.8) is 0 Å². The molecule has 0 fully saturated rings. The van der Waals surface area contributed by atoms with E-state index < -0.39 is 0 Å². The Morgan fingerprint density at radius 2 is 2.00 bits per heavy atom. The van der Waals surface area contributed by atoms with E-state index in [2.05, 4.69) is 9.97 Å². The third kappa shape index (κ3) is 3.43. The summed E-state index contributed by atoms with van der Waals surface area (Å²) in [5.41, 5.74) is 1.56. The van der Waals surface area contributed by atoms with Gasteiger partial charge in [-0.2, -0.15) is 0 Å². The molecule has 0 saturated carbocycles. The lowest BCUT2D eigenvalue weighted by molar-refractivity contribution is 0.181. The quantitative estimate of drug-likeness (QED) is 0.787.